The molecule has 1 aliphatic heterocycles. The number of carbonyl (C=O) groups excluding carboxylic acids is 1. The molecule has 40 heavy (non-hydrogen) atoms. The largest absolute Gasteiger partial charge is 0.507 e. The fourth-order valence-electron chi connectivity index (χ4n) is 4.79. The molecule has 10 nitrogen and oxygen atoms in total. The normalized spacial score (nSPS) is 14.5. The highest BCUT2D eigenvalue weighted by atomic mass is 16.5. The van der Waals surface area contributed by atoms with Gasteiger partial charge in [-0.1, -0.05) is 18.2 Å². The van der Waals surface area contributed by atoms with Gasteiger partial charge in [-0.05, 0) is 48.0 Å². The molecule has 3 heterocycles. The second-order valence-electron chi connectivity index (χ2n) is 9.24. The van der Waals surface area contributed by atoms with Crippen molar-refractivity contribution in [2.45, 2.75) is 18.9 Å². The number of nitrogens with zero attached hydrogens (tertiary/aromatic N) is 1. The molecule has 0 spiro atoms. The van der Waals surface area contributed by atoms with E-state index >= 15 is 0 Å². The van der Waals surface area contributed by atoms with E-state index in [0.717, 1.165) is 17.8 Å². The molecule has 1 atom stereocenters. The zero-order valence-corrected chi connectivity index (χ0v) is 20.7. The number of benzene rings is 3. The third-order valence-electron chi connectivity index (χ3n) is 6.68. The third-order valence-corrected chi connectivity index (χ3v) is 6.68. The van der Waals surface area contributed by atoms with E-state index in [1.807, 2.05) is 12.1 Å². The molecule has 6 rings (SSSR count). The fourth-order valence-corrected chi connectivity index (χ4v) is 4.79. The lowest BCUT2D eigenvalue weighted by molar-refractivity contribution is -0.135. The number of hydrogen-bond acceptors (Lipinski definition) is 10. The Morgan fingerprint density at radius 1 is 0.900 bits per heavy atom. The van der Waals surface area contributed by atoms with Gasteiger partial charge >= 0.3 is 5.97 Å². The minimum atomic E-state index is -0.924. The number of esters is 1. The van der Waals surface area contributed by atoms with Crippen molar-refractivity contribution in [3.63, 3.8) is 0 Å². The van der Waals surface area contributed by atoms with E-state index in [9.17, 15) is 30.0 Å². The van der Waals surface area contributed by atoms with Gasteiger partial charge in [0.05, 0.1) is 12.1 Å². The first-order valence-corrected chi connectivity index (χ1v) is 12.2. The summed E-state index contributed by atoms with van der Waals surface area (Å²) in [7, 11) is 0. The van der Waals surface area contributed by atoms with E-state index in [0.29, 0.717) is 16.9 Å². The number of rotatable bonds is 5. The SMILES string of the molecule is O=C1C[C@H](c2cccc(OCc3ccccn3)c2)c2c(cc(O)c3c(=O)c(O)c(-c4ccc(O)c(O)c4)oc23)O1. The lowest BCUT2D eigenvalue weighted by atomic mass is 9.85. The van der Waals surface area contributed by atoms with Crippen LogP contribution in [0.5, 0.6) is 34.5 Å². The average Bonchev–Trinajstić information content (AvgIpc) is 2.95. The van der Waals surface area contributed by atoms with Crippen LogP contribution in [0, 0.1) is 0 Å². The van der Waals surface area contributed by atoms with Gasteiger partial charge in [0.15, 0.2) is 17.3 Å². The van der Waals surface area contributed by atoms with Crippen LogP contribution in [0.15, 0.2) is 82.1 Å². The highest BCUT2D eigenvalue weighted by molar-refractivity contribution is 5.94. The summed E-state index contributed by atoms with van der Waals surface area (Å²) >= 11 is 0. The molecule has 0 saturated heterocycles. The topological polar surface area (TPSA) is 160 Å². The molecule has 0 radical (unpaired) electrons. The molecular formula is C30H21NO9. The predicted molar refractivity (Wildman–Crippen MR) is 142 cm³/mol. The third kappa shape index (κ3) is 4.31. The van der Waals surface area contributed by atoms with Crippen molar-refractivity contribution in [1.29, 1.82) is 0 Å². The Bertz CT molecular complexity index is 1850. The maximum atomic E-state index is 13.2. The Labute approximate surface area is 225 Å². The van der Waals surface area contributed by atoms with Crippen molar-refractivity contribution < 1.29 is 39.1 Å². The van der Waals surface area contributed by atoms with E-state index in [4.69, 9.17) is 13.9 Å². The number of aromatic hydroxyl groups is 4. The monoisotopic (exact) mass is 539 g/mol. The molecule has 0 amide bonds. The van der Waals surface area contributed by atoms with Gasteiger partial charge in [-0.3, -0.25) is 14.6 Å². The number of pyridine rings is 1. The minimum absolute atomic E-state index is 0.000555. The van der Waals surface area contributed by atoms with Gasteiger partial charge in [-0.15, -0.1) is 0 Å². The van der Waals surface area contributed by atoms with Crippen LogP contribution < -0.4 is 14.9 Å². The summed E-state index contributed by atoms with van der Waals surface area (Å²) in [5, 5.41) is 40.7. The summed E-state index contributed by atoms with van der Waals surface area (Å²) in [6.45, 7) is 0.224. The first kappa shape index (κ1) is 24.8. The molecule has 200 valence electrons. The van der Waals surface area contributed by atoms with Crippen LogP contribution in [0.2, 0.25) is 0 Å². The average molecular weight is 539 g/mol. The van der Waals surface area contributed by atoms with Crippen LogP contribution in [0.1, 0.15) is 29.2 Å². The lowest BCUT2D eigenvalue weighted by Gasteiger charge is -2.26. The van der Waals surface area contributed by atoms with Gasteiger partial charge < -0.3 is 34.3 Å². The molecule has 0 aliphatic carbocycles. The molecule has 0 saturated carbocycles. The lowest BCUT2D eigenvalue weighted by Crippen LogP contribution is -2.22. The first-order chi connectivity index (χ1) is 19.3. The molecule has 10 heteroatoms. The number of ether oxygens (including phenoxy) is 2. The molecule has 5 aromatic rings. The fraction of sp³-hybridized carbons (Fsp3) is 0.100. The molecule has 0 bridgehead atoms. The van der Waals surface area contributed by atoms with Crippen LogP contribution in [-0.2, 0) is 11.4 Å². The summed E-state index contributed by atoms with van der Waals surface area (Å²) in [5.41, 5.74) is 0.775. The van der Waals surface area contributed by atoms with Crippen molar-refractivity contribution in [2.24, 2.45) is 0 Å². The Hall–Kier alpha value is -5.51. The Morgan fingerprint density at radius 3 is 2.52 bits per heavy atom. The van der Waals surface area contributed by atoms with Gasteiger partial charge in [0, 0.05) is 29.3 Å². The summed E-state index contributed by atoms with van der Waals surface area (Å²) in [6, 6.07) is 17.3. The molecule has 0 fully saturated rings. The highest BCUT2D eigenvalue weighted by Crippen LogP contribution is 2.47. The summed E-state index contributed by atoms with van der Waals surface area (Å²) in [4.78, 5) is 30.1. The van der Waals surface area contributed by atoms with E-state index in [1.54, 1.807) is 36.5 Å². The molecule has 4 N–H and O–H groups in total. The Kier molecular flexibility index (Phi) is 5.99. The van der Waals surface area contributed by atoms with E-state index in [-0.39, 0.29) is 41.1 Å². The number of fused-ring (bicyclic) bond motifs is 3. The second kappa shape index (κ2) is 9.66. The quantitative estimate of drug-likeness (QED) is 0.140. The van der Waals surface area contributed by atoms with Gasteiger partial charge in [0.2, 0.25) is 11.2 Å². The van der Waals surface area contributed by atoms with Crippen LogP contribution in [0.25, 0.3) is 22.3 Å². The van der Waals surface area contributed by atoms with Crippen molar-refractivity contribution >= 4 is 16.9 Å². The molecule has 1 aliphatic rings. The zero-order valence-electron chi connectivity index (χ0n) is 20.7. The van der Waals surface area contributed by atoms with Crippen molar-refractivity contribution in [3.05, 3.63) is 100.0 Å². The molecular weight excluding hydrogens is 518 g/mol. The maximum absolute atomic E-state index is 13.2. The van der Waals surface area contributed by atoms with Crippen LogP contribution in [0.4, 0.5) is 0 Å². The van der Waals surface area contributed by atoms with Gasteiger partial charge in [0.1, 0.15) is 34.8 Å². The zero-order chi connectivity index (χ0) is 28.0. The number of carbonyl (C=O) groups is 1. The second-order valence-corrected chi connectivity index (χ2v) is 9.24. The van der Waals surface area contributed by atoms with Gasteiger partial charge in [0.25, 0.3) is 0 Å². The number of aromatic nitrogens is 1. The van der Waals surface area contributed by atoms with Crippen molar-refractivity contribution in [2.75, 3.05) is 0 Å². The van der Waals surface area contributed by atoms with Crippen LogP contribution in [0.3, 0.4) is 0 Å². The smallest absolute Gasteiger partial charge is 0.312 e. The van der Waals surface area contributed by atoms with Crippen LogP contribution >= 0.6 is 0 Å². The van der Waals surface area contributed by atoms with E-state index in [2.05, 4.69) is 4.98 Å². The number of hydrogen-bond donors (Lipinski definition) is 4. The maximum Gasteiger partial charge on any atom is 0.312 e. The molecule has 0 unspecified atom stereocenters. The summed E-state index contributed by atoms with van der Waals surface area (Å²) in [6.07, 6.45) is 1.57. The van der Waals surface area contributed by atoms with E-state index < -0.39 is 40.3 Å². The Balaban J connectivity index is 1.51. The van der Waals surface area contributed by atoms with Crippen molar-refractivity contribution in [1.82, 2.24) is 4.98 Å². The first-order valence-electron chi connectivity index (χ1n) is 12.2. The van der Waals surface area contributed by atoms with Gasteiger partial charge in [-0.25, -0.2) is 0 Å². The molecule has 3 aromatic carbocycles. The van der Waals surface area contributed by atoms with Crippen molar-refractivity contribution in [3.8, 4) is 45.8 Å². The summed E-state index contributed by atoms with van der Waals surface area (Å²) < 4.78 is 17.4. The van der Waals surface area contributed by atoms with E-state index in [1.165, 1.54) is 12.1 Å². The Morgan fingerprint density at radius 2 is 1.75 bits per heavy atom. The van der Waals surface area contributed by atoms with Gasteiger partial charge in [-0.2, -0.15) is 0 Å². The van der Waals surface area contributed by atoms with Crippen LogP contribution in [-0.4, -0.2) is 31.4 Å². The number of phenolic OH excluding ortho intramolecular Hbond substituents is 3. The standard InChI is InChI=1S/C30H21NO9/c32-20-8-7-16(11-21(20)33)29-28(37)27(36)26-22(34)13-23-25(30(26)40-29)19(12-24(35)39-23)15-4-3-6-18(10-15)38-14-17-5-1-2-9-31-17/h1-11,13,19,32-34,37H,12,14H2/t19-/m1/s1. The highest BCUT2D eigenvalue weighted by Gasteiger charge is 2.34. The summed E-state index contributed by atoms with van der Waals surface area (Å²) in [5.74, 6) is -3.24. The number of phenols is 3. The predicted octanol–water partition coefficient (Wildman–Crippen LogP) is 4.70. The molecule has 2 aromatic heterocycles. The minimum Gasteiger partial charge on any atom is -0.507 e.